The Morgan fingerprint density at radius 2 is 1.59 bits per heavy atom. The highest BCUT2D eigenvalue weighted by atomic mass is 32.2. The molecule has 5 nitrogen and oxygen atoms in total. The molecule has 0 saturated heterocycles. The van der Waals surface area contributed by atoms with E-state index in [0.717, 1.165) is 22.9 Å². The Kier molecular flexibility index (Phi) is 6.52. The lowest BCUT2D eigenvalue weighted by Crippen LogP contribution is -2.18. The summed E-state index contributed by atoms with van der Waals surface area (Å²) in [5, 5.41) is 26.9. The third-order valence-electron chi connectivity index (χ3n) is 3.07. The van der Waals surface area contributed by atoms with Gasteiger partial charge in [0, 0.05) is 6.61 Å². The van der Waals surface area contributed by atoms with Crippen molar-refractivity contribution < 1.29 is 5.11 Å². The second-order valence-electron chi connectivity index (χ2n) is 4.49. The van der Waals surface area contributed by atoms with Crippen LogP contribution < -0.4 is 11.5 Å². The fraction of sp³-hybridized carbons (Fsp3) is 0.250. The Balaban J connectivity index is 0.000000745. The van der Waals surface area contributed by atoms with E-state index in [-0.39, 0.29) is 6.61 Å². The normalized spacial score (nSPS) is 14.8. The van der Waals surface area contributed by atoms with Crippen LogP contribution in [0.1, 0.15) is 24.0 Å². The van der Waals surface area contributed by atoms with Gasteiger partial charge < -0.3 is 16.6 Å². The lowest BCUT2D eigenvalue weighted by atomic mass is 9.83. The average Bonchev–Trinajstić information content (AvgIpc) is 2.48. The van der Waals surface area contributed by atoms with Gasteiger partial charge in [0.1, 0.15) is 0 Å². The Hall–Kier alpha value is -2.41. The quantitative estimate of drug-likeness (QED) is 0.731. The molecule has 0 spiro atoms. The number of benzene rings is 1. The summed E-state index contributed by atoms with van der Waals surface area (Å²) in [4.78, 5) is 0. The zero-order chi connectivity index (χ0) is 16.7. The number of hydrogen-bond donors (Lipinski definition) is 3. The zero-order valence-corrected chi connectivity index (χ0v) is 13.3. The molecule has 6 heteroatoms. The summed E-state index contributed by atoms with van der Waals surface area (Å²) in [6, 6.07) is 11.8. The lowest BCUT2D eigenvalue weighted by Gasteiger charge is -2.24. The van der Waals surface area contributed by atoms with Crippen LogP contribution in [0.15, 0.2) is 45.5 Å². The Bertz CT molecular complexity index is 659. The number of nitrogens with zero attached hydrogens (tertiary/aromatic N) is 2. The molecule has 0 aliphatic carbocycles. The SMILES string of the molecule is CCO.Cc1ccccc1C1C(C#N)=C(N)SC(N)=C1C#N. The van der Waals surface area contributed by atoms with Crippen LogP contribution in [0, 0.1) is 29.6 Å². The first-order chi connectivity index (χ1) is 10.5. The van der Waals surface area contributed by atoms with E-state index in [2.05, 4.69) is 12.1 Å². The monoisotopic (exact) mass is 314 g/mol. The molecule has 5 N–H and O–H groups in total. The van der Waals surface area contributed by atoms with E-state index >= 15 is 0 Å². The van der Waals surface area contributed by atoms with Crippen molar-refractivity contribution in [2.45, 2.75) is 19.8 Å². The third kappa shape index (κ3) is 3.62. The number of rotatable bonds is 1. The first-order valence-electron chi connectivity index (χ1n) is 6.65. The number of nitriles is 2. The maximum Gasteiger partial charge on any atom is 0.0985 e. The summed E-state index contributed by atoms with van der Waals surface area (Å²) < 4.78 is 0. The van der Waals surface area contributed by atoms with Crippen LogP contribution in [0.2, 0.25) is 0 Å². The Labute approximate surface area is 134 Å². The van der Waals surface area contributed by atoms with Crippen LogP contribution in [0.3, 0.4) is 0 Å². The highest BCUT2D eigenvalue weighted by Crippen LogP contribution is 2.43. The van der Waals surface area contributed by atoms with E-state index in [1.807, 2.05) is 31.2 Å². The molecule has 0 radical (unpaired) electrons. The predicted molar refractivity (Wildman–Crippen MR) is 87.9 cm³/mol. The van der Waals surface area contributed by atoms with Gasteiger partial charge in [-0.1, -0.05) is 36.0 Å². The van der Waals surface area contributed by atoms with Gasteiger partial charge in [-0.2, -0.15) is 10.5 Å². The molecule has 0 fully saturated rings. The van der Waals surface area contributed by atoms with Crippen LogP contribution in [-0.4, -0.2) is 11.7 Å². The van der Waals surface area contributed by atoms with Gasteiger partial charge in [0.05, 0.1) is 39.3 Å². The fourth-order valence-corrected chi connectivity index (χ4v) is 2.90. The molecule has 0 unspecified atom stereocenters. The predicted octanol–water partition coefficient (Wildman–Crippen LogP) is 2.21. The van der Waals surface area contributed by atoms with Crippen molar-refractivity contribution in [3.8, 4) is 12.1 Å². The van der Waals surface area contributed by atoms with Crippen molar-refractivity contribution in [1.82, 2.24) is 0 Å². The van der Waals surface area contributed by atoms with Crippen molar-refractivity contribution in [3.05, 3.63) is 56.6 Å². The van der Waals surface area contributed by atoms with Gasteiger partial charge in [0.15, 0.2) is 0 Å². The Morgan fingerprint density at radius 3 is 2.00 bits per heavy atom. The van der Waals surface area contributed by atoms with E-state index in [9.17, 15) is 10.5 Å². The van der Waals surface area contributed by atoms with Crippen LogP contribution in [0.4, 0.5) is 0 Å². The molecule has 1 aromatic carbocycles. The summed E-state index contributed by atoms with van der Waals surface area (Å²) in [5.74, 6) is -0.461. The zero-order valence-electron chi connectivity index (χ0n) is 12.5. The molecule has 22 heavy (non-hydrogen) atoms. The molecule has 1 heterocycles. The number of thioether (sulfide) groups is 1. The molecule has 0 bridgehead atoms. The van der Waals surface area contributed by atoms with E-state index < -0.39 is 5.92 Å². The second-order valence-corrected chi connectivity index (χ2v) is 5.57. The molecule has 1 aromatic rings. The van der Waals surface area contributed by atoms with Gasteiger partial charge in [-0.3, -0.25) is 0 Å². The molecule has 0 atom stereocenters. The van der Waals surface area contributed by atoms with Gasteiger partial charge in [-0.15, -0.1) is 0 Å². The molecule has 1 aliphatic rings. The van der Waals surface area contributed by atoms with Crippen LogP contribution in [0.25, 0.3) is 0 Å². The molecule has 2 rings (SSSR count). The molecule has 1 aliphatic heterocycles. The molecular weight excluding hydrogens is 296 g/mol. The summed E-state index contributed by atoms with van der Waals surface area (Å²) in [6.45, 7) is 3.87. The standard InChI is InChI=1S/C14H12N4S.C2H6O/c1-8-4-2-3-5-9(8)12-10(6-15)13(17)19-14(18)11(12)7-16;1-2-3/h2-5,12H,17-18H2,1H3;3H,2H2,1H3. The van der Waals surface area contributed by atoms with Crippen molar-refractivity contribution in [2.24, 2.45) is 11.5 Å². The van der Waals surface area contributed by atoms with Crippen LogP contribution in [-0.2, 0) is 0 Å². The first-order valence-corrected chi connectivity index (χ1v) is 7.47. The maximum absolute atomic E-state index is 9.31. The minimum atomic E-state index is -0.461. The summed E-state index contributed by atoms with van der Waals surface area (Å²) >= 11 is 1.08. The van der Waals surface area contributed by atoms with Crippen molar-refractivity contribution in [3.63, 3.8) is 0 Å². The second kappa shape index (κ2) is 8.14. The summed E-state index contributed by atoms with van der Waals surface area (Å²) in [5.41, 5.74) is 14.4. The molecule has 114 valence electrons. The van der Waals surface area contributed by atoms with Gasteiger partial charge in [-0.05, 0) is 25.0 Å². The number of aliphatic hydroxyl groups excluding tert-OH is 1. The van der Waals surface area contributed by atoms with Gasteiger partial charge in [0.2, 0.25) is 0 Å². The number of aryl methyl sites for hydroxylation is 1. The summed E-state index contributed by atoms with van der Waals surface area (Å²) in [7, 11) is 0. The number of allylic oxidation sites excluding steroid dienone is 2. The van der Waals surface area contributed by atoms with Gasteiger partial charge in [-0.25, -0.2) is 0 Å². The third-order valence-corrected chi connectivity index (χ3v) is 3.95. The van der Waals surface area contributed by atoms with E-state index in [1.54, 1.807) is 6.92 Å². The fourth-order valence-electron chi connectivity index (χ4n) is 2.12. The topological polar surface area (TPSA) is 120 Å². The highest BCUT2D eigenvalue weighted by molar-refractivity contribution is 8.06. The molecule has 0 saturated carbocycles. The number of aliphatic hydroxyl groups is 1. The van der Waals surface area contributed by atoms with Gasteiger partial charge >= 0.3 is 0 Å². The minimum absolute atomic E-state index is 0.250. The van der Waals surface area contributed by atoms with E-state index in [4.69, 9.17) is 16.6 Å². The van der Waals surface area contributed by atoms with Crippen molar-refractivity contribution >= 4 is 11.8 Å². The molecule has 0 aromatic heterocycles. The van der Waals surface area contributed by atoms with Gasteiger partial charge in [0.25, 0.3) is 0 Å². The highest BCUT2D eigenvalue weighted by Gasteiger charge is 2.31. The largest absolute Gasteiger partial charge is 0.397 e. The average molecular weight is 314 g/mol. The van der Waals surface area contributed by atoms with Crippen LogP contribution in [0.5, 0.6) is 0 Å². The summed E-state index contributed by atoms with van der Waals surface area (Å²) in [6.07, 6.45) is 0. The minimum Gasteiger partial charge on any atom is -0.397 e. The van der Waals surface area contributed by atoms with E-state index in [0.29, 0.717) is 21.2 Å². The lowest BCUT2D eigenvalue weighted by molar-refractivity contribution is 0.318. The van der Waals surface area contributed by atoms with Crippen molar-refractivity contribution in [2.75, 3.05) is 6.61 Å². The number of nitrogens with two attached hydrogens (primary N) is 2. The Morgan fingerprint density at radius 1 is 1.14 bits per heavy atom. The molecular formula is C16H18N4OS. The van der Waals surface area contributed by atoms with Crippen LogP contribution >= 0.6 is 11.8 Å². The number of hydrogen-bond acceptors (Lipinski definition) is 6. The first kappa shape index (κ1) is 17.6. The maximum atomic E-state index is 9.31. The smallest absolute Gasteiger partial charge is 0.0985 e. The van der Waals surface area contributed by atoms with Crippen molar-refractivity contribution in [1.29, 1.82) is 10.5 Å². The molecule has 0 amide bonds. The van der Waals surface area contributed by atoms with E-state index in [1.165, 1.54) is 0 Å².